The maximum atomic E-state index is 5.12. The minimum Gasteiger partial charge on any atom is -0.369 e. The zero-order valence-electron chi connectivity index (χ0n) is 8.84. The van der Waals surface area contributed by atoms with Crippen LogP contribution in [0.3, 0.4) is 0 Å². The standard InChI is InChI=1S/C10H17N3O/c1-3-9-8-4-5-13(7-14-2)6-10(8)12-11-9/h3-7H2,1-2H3,(H,11,12). The molecular formula is C10H17N3O. The molecule has 0 atom stereocenters. The summed E-state index contributed by atoms with van der Waals surface area (Å²) in [6.45, 7) is 4.88. The highest BCUT2D eigenvalue weighted by Crippen LogP contribution is 2.19. The first-order valence-electron chi connectivity index (χ1n) is 5.11. The Balaban J connectivity index is 2.12. The zero-order chi connectivity index (χ0) is 9.97. The number of ether oxygens (including phenoxy) is 1. The molecule has 1 aliphatic heterocycles. The van der Waals surface area contributed by atoms with Gasteiger partial charge in [0.2, 0.25) is 0 Å². The maximum absolute atomic E-state index is 5.12. The Labute approximate surface area is 84.3 Å². The highest BCUT2D eigenvalue weighted by atomic mass is 16.5. The molecule has 0 bridgehead atoms. The van der Waals surface area contributed by atoms with Crippen LogP contribution >= 0.6 is 0 Å². The maximum Gasteiger partial charge on any atom is 0.0989 e. The molecule has 1 aromatic rings. The second kappa shape index (κ2) is 4.11. The Morgan fingerprint density at radius 2 is 2.43 bits per heavy atom. The second-order valence-corrected chi connectivity index (χ2v) is 3.70. The fourth-order valence-corrected chi connectivity index (χ4v) is 2.03. The lowest BCUT2D eigenvalue weighted by Gasteiger charge is -2.25. The van der Waals surface area contributed by atoms with E-state index in [1.807, 2.05) is 0 Å². The summed E-state index contributed by atoms with van der Waals surface area (Å²) in [5, 5.41) is 7.44. The monoisotopic (exact) mass is 195 g/mol. The smallest absolute Gasteiger partial charge is 0.0989 e. The van der Waals surface area contributed by atoms with Gasteiger partial charge in [-0.3, -0.25) is 10.00 Å². The van der Waals surface area contributed by atoms with Gasteiger partial charge in [-0.15, -0.1) is 0 Å². The van der Waals surface area contributed by atoms with E-state index in [0.717, 1.165) is 25.9 Å². The van der Waals surface area contributed by atoms with Crippen molar-refractivity contribution in [2.75, 3.05) is 20.4 Å². The molecule has 0 aromatic carbocycles. The Morgan fingerprint density at radius 1 is 1.57 bits per heavy atom. The van der Waals surface area contributed by atoms with Gasteiger partial charge in [-0.05, 0) is 18.4 Å². The van der Waals surface area contributed by atoms with Gasteiger partial charge in [0.15, 0.2) is 0 Å². The van der Waals surface area contributed by atoms with Crippen LogP contribution in [0.15, 0.2) is 0 Å². The molecule has 0 aliphatic carbocycles. The first-order valence-corrected chi connectivity index (χ1v) is 5.11. The van der Waals surface area contributed by atoms with E-state index >= 15 is 0 Å². The highest BCUT2D eigenvalue weighted by Gasteiger charge is 2.20. The van der Waals surface area contributed by atoms with Crippen molar-refractivity contribution in [1.82, 2.24) is 15.1 Å². The topological polar surface area (TPSA) is 41.2 Å². The molecule has 0 saturated carbocycles. The summed E-state index contributed by atoms with van der Waals surface area (Å²) in [6, 6.07) is 0. The van der Waals surface area contributed by atoms with Gasteiger partial charge in [-0.2, -0.15) is 5.10 Å². The van der Waals surface area contributed by atoms with Gasteiger partial charge in [0, 0.05) is 20.2 Å². The van der Waals surface area contributed by atoms with Crippen molar-refractivity contribution >= 4 is 0 Å². The van der Waals surface area contributed by atoms with Gasteiger partial charge in [0.25, 0.3) is 0 Å². The predicted molar refractivity (Wildman–Crippen MR) is 54.0 cm³/mol. The average Bonchev–Trinajstić information content (AvgIpc) is 2.60. The second-order valence-electron chi connectivity index (χ2n) is 3.70. The van der Waals surface area contributed by atoms with E-state index in [2.05, 4.69) is 22.0 Å². The molecule has 2 rings (SSSR count). The van der Waals surface area contributed by atoms with Crippen LogP contribution in [0.25, 0.3) is 0 Å². The number of fused-ring (bicyclic) bond motifs is 1. The predicted octanol–water partition coefficient (Wildman–Crippen LogP) is 0.934. The molecule has 4 heteroatoms. The van der Waals surface area contributed by atoms with Gasteiger partial charge in [-0.1, -0.05) is 6.92 Å². The minimum absolute atomic E-state index is 0.708. The van der Waals surface area contributed by atoms with Crippen LogP contribution < -0.4 is 0 Å². The molecule has 0 fully saturated rings. The highest BCUT2D eigenvalue weighted by molar-refractivity contribution is 5.27. The fraction of sp³-hybridized carbons (Fsp3) is 0.700. The van der Waals surface area contributed by atoms with Gasteiger partial charge in [0.1, 0.15) is 0 Å². The molecular weight excluding hydrogens is 178 g/mol. The Bertz CT molecular complexity index is 308. The Kier molecular flexibility index (Phi) is 2.84. The van der Waals surface area contributed by atoms with Crippen LogP contribution in [0.2, 0.25) is 0 Å². The van der Waals surface area contributed by atoms with Crippen molar-refractivity contribution < 1.29 is 4.74 Å². The first-order chi connectivity index (χ1) is 6.85. The molecule has 4 nitrogen and oxygen atoms in total. The van der Waals surface area contributed by atoms with Crippen molar-refractivity contribution in [2.45, 2.75) is 26.3 Å². The molecule has 2 heterocycles. The summed E-state index contributed by atoms with van der Waals surface area (Å²) in [4.78, 5) is 2.28. The zero-order valence-corrected chi connectivity index (χ0v) is 8.84. The summed E-state index contributed by atoms with van der Waals surface area (Å²) in [6.07, 6.45) is 2.12. The van der Waals surface area contributed by atoms with Crippen molar-refractivity contribution in [2.24, 2.45) is 0 Å². The third kappa shape index (κ3) is 1.67. The number of methoxy groups -OCH3 is 1. The van der Waals surface area contributed by atoms with Crippen LogP contribution in [0, 0.1) is 0 Å². The van der Waals surface area contributed by atoms with Crippen molar-refractivity contribution in [3.05, 3.63) is 17.0 Å². The largest absolute Gasteiger partial charge is 0.369 e. The van der Waals surface area contributed by atoms with E-state index in [9.17, 15) is 0 Å². The van der Waals surface area contributed by atoms with Crippen LogP contribution in [0.5, 0.6) is 0 Å². The number of hydrogen-bond acceptors (Lipinski definition) is 3. The third-order valence-electron chi connectivity index (χ3n) is 2.74. The molecule has 0 unspecified atom stereocenters. The summed E-state index contributed by atoms with van der Waals surface area (Å²) >= 11 is 0. The first kappa shape index (κ1) is 9.68. The van der Waals surface area contributed by atoms with Gasteiger partial charge >= 0.3 is 0 Å². The average molecular weight is 195 g/mol. The van der Waals surface area contributed by atoms with Crippen molar-refractivity contribution in [3.63, 3.8) is 0 Å². The van der Waals surface area contributed by atoms with E-state index < -0.39 is 0 Å². The van der Waals surface area contributed by atoms with Crippen LogP contribution in [-0.2, 0) is 24.1 Å². The molecule has 78 valence electrons. The van der Waals surface area contributed by atoms with Crippen LogP contribution in [0.1, 0.15) is 23.9 Å². The van der Waals surface area contributed by atoms with E-state index in [4.69, 9.17) is 4.74 Å². The number of H-pyrrole nitrogens is 1. The summed E-state index contributed by atoms with van der Waals surface area (Å²) in [7, 11) is 1.74. The van der Waals surface area contributed by atoms with Gasteiger partial charge in [-0.25, -0.2) is 0 Å². The minimum atomic E-state index is 0.708. The molecule has 0 saturated heterocycles. The van der Waals surface area contributed by atoms with Gasteiger partial charge < -0.3 is 4.74 Å². The third-order valence-corrected chi connectivity index (χ3v) is 2.74. The van der Waals surface area contributed by atoms with E-state index in [1.54, 1.807) is 7.11 Å². The summed E-state index contributed by atoms with van der Waals surface area (Å²) in [5.74, 6) is 0. The van der Waals surface area contributed by atoms with E-state index in [1.165, 1.54) is 17.0 Å². The number of hydrogen-bond donors (Lipinski definition) is 1. The number of aromatic nitrogens is 2. The van der Waals surface area contributed by atoms with Crippen molar-refractivity contribution in [1.29, 1.82) is 0 Å². The fourth-order valence-electron chi connectivity index (χ4n) is 2.03. The number of aromatic amines is 1. The molecule has 1 N–H and O–H groups in total. The molecule has 1 aromatic heterocycles. The lowest BCUT2D eigenvalue weighted by molar-refractivity contribution is 0.0535. The van der Waals surface area contributed by atoms with Crippen molar-refractivity contribution in [3.8, 4) is 0 Å². The number of rotatable bonds is 3. The van der Waals surface area contributed by atoms with Gasteiger partial charge in [0.05, 0.1) is 18.1 Å². The van der Waals surface area contributed by atoms with Crippen LogP contribution in [0.4, 0.5) is 0 Å². The summed E-state index contributed by atoms with van der Waals surface area (Å²) < 4.78 is 5.12. The summed E-state index contributed by atoms with van der Waals surface area (Å²) in [5.41, 5.74) is 3.93. The molecule has 0 spiro atoms. The Hall–Kier alpha value is -0.870. The quantitative estimate of drug-likeness (QED) is 0.780. The number of aryl methyl sites for hydroxylation is 1. The van der Waals surface area contributed by atoms with Crippen LogP contribution in [-0.4, -0.2) is 35.5 Å². The Morgan fingerprint density at radius 3 is 3.14 bits per heavy atom. The molecule has 1 aliphatic rings. The lowest BCUT2D eigenvalue weighted by atomic mass is 10.0. The SMILES string of the molecule is CCc1n[nH]c2c1CCN(COC)C2. The normalized spacial score (nSPS) is 17.0. The van der Waals surface area contributed by atoms with E-state index in [-0.39, 0.29) is 0 Å². The number of nitrogens with zero attached hydrogens (tertiary/aromatic N) is 2. The van der Waals surface area contributed by atoms with E-state index in [0.29, 0.717) is 6.73 Å². The number of nitrogens with one attached hydrogen (secondary N) is 1. The molecule has 0 amide bonds. The molecule has 14 heavy (non-hydrogen) atoms. The lowest BCUT2D eigenvalue weighted by Crippen LogP contribution is -2.32. The molecule has 0 radical (unpaired) electrons.